The topological polar surface area (TPSA) is 26.3 Å². The molecule has 0 saturated carbocycles. The number of carbonyl (C=O) groups excluding carboxylic acids is 1. The molecular weight excluding hydrogens is 248 g/mol. The van der Waals surface area contributed by atoms with Crippen molar-refractivity contribution in [1.29, 1.82) is 0 Å². The zero-order valence-electron chi connectivity index (χ0n) is 13.7. The lowest BCUT2D eigenvalue weighted by atomic mass is 10.1. The van der Waals surface area contributed by atoms with Crippen molar-refractivity contribution in [1.82, 2.24) is 0 Å². The van der Waals surface area contributed by atoms with Gasteiger partial charge in [0, 0.05) is 6.08 Å². The maximum Gasteiger partial charge on any atom is 0.330 e. The molecule has 0 heterocycles. The minimum atomic E-state index is -0.174. The molecule has 118 valence electrons. The molecule has 0 saturated heterocycles. The Morgan fingerprint density at radius 1 is 0.800 bits per heavy atom. The molecule has 0 aliphatic heterocycles. The van der Waals surface area contributed by atoms with Crippen molar-refractivity contribution in [2.24, 2.45) is 0 Å². The number of hydrogen-bond donors (Lipinski definition) is 0. The van der Waals surface area contributed by atoms with E-state index in [1.54, 1.807) is 6.08 Å². The van der Waals surface area contributed by atoms with Crippen LogP contribution in [0.2, 0.25) is 0 Å². The highest BCUT2D eigenvalue weighted by Gasteiger charge is 1.96. The third kappa shape index (κ3) is 15.3. The first kappa shape index (κ1) is 19.2. The van der Waals surface area contributed by atoms with Gasteiger partial charge in [-0.3, -0.25) is 0 Å². The average molecular weight is 282 g/mol. The van der Waals surface area contributed by atoms with E-state index < -0.39 is 0 Å². The molecule has 2 nitrogen and oxygen atoms in total. The van der Waals surface area contributed by atoms with Gasteiger partial charge in [0.1, 0.15) is 0 Å². The summed E-state index contributed by atoms with van der Waals surface area (Å²) in [6.07, 6.45) is 18.3. The molecule has 0 aliphatic rings. The number of esters is 1. The van der Waals surface area contributed by atoms with Crippen molar-refractivity contribution in [3.8, 4) is 0 Å². The highest BCUT2D eigenvalue weighted by molar-refractivity contribution is 5.81. The highest BCUT2D eigenvalue weighted by atomic mass is 16.5. The van der Waals surface area contributed by atoms with E-state index >= 15 is 0 Å². The number of rotatable bonds is 14. The van der Waals surface area contributed by atoms with Gasteiger partial charge in [0.15, 0.2) is 0 Å². The van der Waals surface area contributed by atoms with Gasteiger partial charge in [-0.25, -0.2) is 4.79 Å². The van der Waals surface area contributed by atoms with Crippen LogP contribution in [-0.4, -0.2) is 12.6 Å². The van der Waals surface area contributed by atoms with Gasteiger partial charge in [0.25, 0.3) is 0 Å². The highest BCUT2D eigenvalue weighted by Crippen LogP contribution is 2.06. The molecule has 0 aromatic rings. The van der Waals surface area contributed by atoms with Gasteiger partial charge in [-0.15, -0.1) is 0 Å². The molecule has 0 aromatic heterocycles. The molecule has 0 spiro atoms. The van der Waals surface area contributed by atoms with Crippen LogP contribution in [-0.2, 0) is 9.53 Å². The standard InChI is InChI=1S/C18H34O2/c1-3-5-7-9-11-12-14-16-18(19)20-17-15-13-10-8-6-4-2/h14,16H,3-13,15,17H2,1-2H3/b16-14+. The summed E-state index contributed by atoms with van der Waals surface area (Å²) in [4.78, 5) is 11.4. The van der Waals surface area contributed by atoms with Gasteiger partial charge in [0.2, 0.25) is 0 Å². The quantitative estimate of drug-likeness (QED) is 0.228. The van der Waals surface area contributed by atoms with E-state index in [4.69, 9.17) is 4.74 Å². The lowest BCUT2D eigenvalue weighted by Crippen LogP contribution is -2.02. The van der Waals surface area contributed by atoms with E-state index in [-0.39, 0.29) is 5.97 Å². The van der Waals surface area contributed by atoms with Crippen LogP contribution in [0.1, 0.15) is 90.9 Å². The van der Waals surface area contributed by atoms with Gasteiger partial charge in [-0.05, 0) is 19.3 Å². The number of unbranched alkanes of at least 4 members (excludes halogenated alkanes) is 10. The van der Waals surface area contributed by atoms with Gasteiger partial charge < -0.3 is 4.74 Å². The second-order valence-corrected chi connectivity index (χ2v) is 5.54. The molecular formula is C18H34O2. The fraction of sp³-hybridized carbons (Fsp3) is 0.833. The molecule has 0 unspecified atom stereocenters. The molecule has 0 atom stereocenters. The maximum atomic E-state index is 11.4. The van der Waals surface area contributed by atoms with E-state index in [9.17, 15) is 4.79 Å². The summed E-state index contributed by atoms with van der Waals surface area (Å²) >= 11 is 0. The van der Waals surface area contributed by atoms with Gasteiger partial charge in [-0.2, -0.15) is 0 Å². The maximum absolute atomic E-state index is 11.4. The van der Waals surface area contributed by atoms with Crippen LogP contribution in [0.5, 0.6) is 0 Å². The Kier molecular flexibility index (Phi) is 15.6. The Morgan fingerprint density at radius 3 is 2.00 bits per heavy atom. The average Bonchev–Trinajstić information content (AvgIpc) is 2.45. The number of carbonyl (C=O) groups is 1. The molecule has 0 amide bonds. The lowest BCUT2D eigenvalue weighted by Gasteiger charge is -2.02. The Morgan fingerprint density at radius 2 is 1.35 bits per heavy atom. The predicted octanol–water partition coefficient (Wildman–Crippen LogP) is 5.81. The first-order chi connectivity index (χ1) is 9.81. The minimum absolute atomic E-state index is 0.174. The first-order valence-corrected chi connectivity index (χ1v) is 8.64. The molecule has 0 bridgehead atoms. The van der Waals surface area contributed by atoms with Crippen molar-refractivity contribution < 1.29 is 9.53 Å². The Bertz CT molecular complexity index is 234. The van der Waals surface area contributed by atoms with Crippen LogP contribution in [0.4, 0.5) is 0 Å². The van der Waals surface area contributed by atoms with E-state index in [0.717, 1.165) is 12.8 Å². The molecule has 0 fully saturated rings. The van der Waals surface area contributed by atoms with Crippen molar-refractivity contribution >= 4 is 5.97 Å². The molecule has 2 heteroatoms. The fourth-order valence-electron chi connectivity index (χ4n) is 2.15. The van der Waals surface area contributed by atoms with Gasteiger partial charge in [0.05, 0.1) is 6.61 Å². The van der Waals surface area contributed by atoms with Crippen molar-refractivity contribution in [2.45, 2.75) is 90.9 Å². The van der Waals surface area contributed by atoms with Crippen LogP contribution in [0.25, 0.3) is 0 Å². The smallest absolute Gasteiger partial charge is 0.330 e. The molecule has 0 aromatic carbocycles. The van der Waals surface area contributed by atoms with E-state index in [1.165, 1.54) is 64.2 Å². The fourth-order valence-corrected chi connectivity index (χ4v) is 2.15. The van der Waals surface area contributed by atoms with E-state index in [1.807, 2.05) is 6.08 Å². The predicted molar refractivity (Wildman–Crippen MR) is 86.9 cm³/mol. The van der Waals surface area contributed by atoms with Gasteiger partial charge >= 0.3 is 5.97 Å². The number of ether oxygens (including phenoxy) is 1. The van der Waals surface area contributed by atoms with Crippen molar-refractivity contribution in [3.63, 3.8) is 0 Å². The summed E-state index contributed by atoms with van der Waals surface area (Å²) in [6.45, 7) is 5.02. The van der Waals surface area contributed by atoms with Crippen LogP contribution in [0.3, 0.4) is 0 Å². The molecule has 0 aliphatic carbocycles. The lowest BCUT2D eigenvalue weighted by molar-refractivity contribution is -0.137. The normalized spacial score (nSPS) is 11.1. The summed E-state index contributed by atoms with van der Waals surface area (Å²) < 4.78 is 5.17. The molecule has 0 rings (SSSR count). The van der Waals surface area contributed by atoms with Crippen molar-refractivity contribution in [2.75, 3.05) is 6.61 Å². The Hall–Kier alpha value is -0.790. The third-order valence-corrected chi connectivity index (χ3v) is 3.47. The van der Waals surface area contributed by atoms with E-state index in [2.05, 4.69) is 13.8 Å². The van der Waals surface area contributed by atoms with Crippen molar-refractivity contribution in [3.05, 3.63) is 12.2 Å². The second-order valence-electron chi connectivity index (χ2n) is 5.54. The van der Waals surface area contributed by atoms with Crippen LogP contribution < -0.4 is 0 Å². The minimum Gasteiger partial charge on any atom is -0.463 e. The monoisotopic (exact) mass is 282 g/mol. The summed E-state index contributed by atoms with van der Waals surface area (Å²) in [5, 5.41) is 0. The number of hydrogen-bond acceptors (Lipinski definition) is 2. The molecule has 0 radical (unpaired) electrons. The zero-order valence-corrected chi connectivity index (χ0v) is 13.7. The van der Waals surface area contributed by atoms with Crippen LogP contribution >= 0.6 is 0 Å². The van der Waals surface area contributed by atoms with Crippen LogP contribution in [0.15, 0.2) is 12.2 Å². The first-order valence-electron chi connectivity index (χ1n) is 8.64. The second kappa shape index (κ2) is 16.3. The SMILES string of the molecule is CCCCCCC/C=C/C(=O)OCCCCCCCC. The van der Waals surface area contributed by atoms with Crippen LogP contribution in [0, 0.1) is 0 Å². The number of allylic oxidation sites excluding steroid dienone is 1. The zero-order chi connectivity index (χ0) is 14.9. The summed E-state index contributed by atoms with van der Waals surface area (Å²) in [6, 6.07) is 0. The third-order valence-electron chi connectivity index (χ3n) is 3.47. The molecule has 0 N–H and O–H groups in total. The molecule has 20 heavy (non-hydrogen) atoms. The Balaban J connectivity index is 3.27. The van der Waals surface area contributed by atoms with Gasteiger partial charge in [-0.1, -0.05) is 77.7 Å². The summed E-state index contributed by atoms with van der Waals surface area (Å²) in [5.41, 5.74) is 0. The largest absolute Gasteiger partial charge is 0.463 e. The summed E-state index contributed by atoms with van der Waals surface area (Å²) in [5.74, 6) is -0.174. The van der Waals surface area contributed by atoms with E-state index in [0.29, 0.717) is 6.61 Å². The Labute approximate surface area is 126 Å². The summed E-state index contributed by atoms with van der Waals surface area (Å²) in [7, 11) is 0.